The Morgan fingerprint density at radius 1 is 0.287 bits per heavy atom. The normalized spacial score (nSPS) is 11.8. The molecule has 15 rings (SSSR count). The highest BCUT2D eigenvalue weighted by molar-refractivity contribution is 7.19. The molecule has 0 spiro atoms. The first-order chi connectivity index (χ1) is 39.7. The Balaban J connectivity index is 0.807. The van der Waals surface area contributed by atoms with Crippen LogP contribution in [0.15, 0.2) is 320 Å². The molecular formula is C76H52N2OSi. The fourth-order valence-corrected chi connectivity index (χ4v) is 17.5. The quantitative estimate of drug-likeness (QED) is 0.0951. The Labute approximate surface area is 466 Å². The topological polar surface area (TPSA) is 21.3 Å². The van der Waals surface area contributed by atoms with Gasteiger partial charge >= 0.3 is 0 Å². The predicted octanol–water partition coefficient (Wildman–Crippen LogP) is 17.7. The van der Waals surface area contributed by atoms with Crippen LogP contribution in [0.2, 0.25) is 0 Å². The average Bonchev–Trinajstić information content (AvgIpc) is 4.28. The van der Waals surface area contributed by atoms with Crippen molar-refractivity contribution >= 4 is 100 Å². The van der Waals surface area contributed by atoms with Crippen molar-refractivity contribution in [2.75, 3.05) is 4.90 Å². The molecule has 376 valence electrons. The lowest BCUT2D eigenvalue weighted by Crippen LogP contribution is -2.74. The highest BCUT2D eigenvalue weighted by Crippen LogP contribution is 2.43. The first-order valence-corrected chi connectivity index (χ1v) is 29.5. The summed E-state index contributed by atoms with van der Waals surface area (Å²) >= 11 is 0. The summed E-state index contributed by atoms with van der Waals surface area (Å²) in [4.78, 5) is 2.39. The number of hydrogen-bond acceptors (Lipinski definition) is 2. The molecule has 13 aromatic carbocycles. The van der Waals surface area contributed by atoms with Crippen molar-refractivity contribution < 1.29 is 4.42 Å². The number of fused-ring (bicyclic) bond motifs is 7. The number of para-hydroxylation sites is 3. The number of anilines is 3. The maximum atomic E-state index is 6.61. The lowest BCUT2D eigenvalue weighted by molar-refractivity contribution is 0.666. The van der Waals surface area contributed by atoms with Gasteiger partial charge in [0, 0.05) is 38.6 Å². The molecule has 3 nitrogen and oxygen atoms in total. The Kier molecular flexibility index (Phi) is 11.5. The number of nitrogens with zero attached hydrogens (tertiary/aromatic N) is 2. The monoisotopic (exact) mass is 1040 g/mol. The van der Waals surface area contributed by atoms with Gasteiger partial charge in [0.1, 0.15) is 5.58 Å². The van der Waals surface area contributed by atoms with Crippen LogP contribution in [0, 0.1) is 0 Å². The molecule has 2 aromatic heterocycles. The molecule has 4 heteroatoms. The van der Waals surface area contributed by atoms with Crippen molar-refractivity contribution in [2.45, 2.75) is 0 Å². The van der Waals surface area contributed by atoms with E-state index in [2.05, 4.69) is 319 Å². The highest BCUT2D eigenvalue weighted by Gasteiger charge is 2.41. The van der Waals surface area contributed by atoms with Crippen LogP contribution in [-0.2, 0) is 0 Å². The van der Waals surface area contributed by atoms with Gasteiger partial charge in [0.25, 0.3) is 0 Å². The van der Waals surface area contributed by atoms with E-state index in [1.165, 1.54) is 64.5 Å². The summed E-state index contributed by atoms with van der Waals surface area (Å²) in [5.74, 6) is 0. The van der Waals surface area contributed by atoms with E-state index >= 15 is 0 Å². The minimum absolute atomic E-state index is 0.891. The zero-order valence-electron chi connectivity index (χ0n) is 43.8. The standard InChI is InChI=1S/C76H52N2OSi/c1-4-21-61(22-5-1)80(62-23-6-2-7-24-62,63-25-8-3-9-26-63)64-51-49-60(50-52-64)77(59-47-43-56(44-48-59)66-30-16-20-55-19-10-11-27-65(55)66)58-45-41-54(42-46-58)53-37-39-57(40-38-53)67-31-17-34-72-75(67)70-29-12-14-33-71(70)78(72)73-35-18-32-69-68-28-13-15-36-74(68)79-76(69)73/h1-52H. The summed E-state index contributed by atoms with van der Waals surface area (Å²) in [6.07, 6.45) is 0. The minimum atomic E-state index is -2.73. The third kappa shape index (κ3) is 7.79. The fraction of sp³-hybridized carbons (Fsp3) is 0. The van der Waals surface area contributed by atoms with Gasteiger partial charge in [0.15, 0.2) is 13.7 Å². The summed E-state index contributed by atoms with van der Waals surface area (Å²) in [5.41, 5.74) is 15.4. The molecule has 15 aromatic rings. The second-order valence-electron chi connectivity index (χ2n) is 20.7. The van der Waals surface area contributed by atoms with Crippen LogP contribution in [0.1, 0.15) is 0 Å². The van der Waals surface area contributed by atoms with Crippen LogP contribution >= 0.6 is 0 Å². The molecule has 80 heavy (non-hydrogen) atoms. The second kappa shape index (κ2) is 19.6. The van der Waals surface area contributed by atoms with E-state index in [9.17, 15) is 0 Å². The average molecular weight is 1040 g/mol. The third-order valence-corrected chi connectivity index (χ3v) is 21.2. The fourth-order valence-electron chi connectivity index (χ4n) is 12.7. The van der Waals surface area contributed by atoms with Gasteiger partial charge in [-0.25, -0.2) is 0 Å². The molecule has 0 fully saturated rings. The van der Waals surface area contributed by atoms with Crippen molar-refractivity contribution in [2.24, 2.45) is 0 Å². The zero-order chi connectivity index (χ0) is 53.0. The van der Waals surface area contributed by atoms with E-state index in [-0.39, 0.29) is 0 Å². The predicted molar refractivity (Wildman–Crippen MR) is 340 cm³/mol. The Morgan fingerprint density at radius 3 is 1.36 bits per heavy atom. The SMILES string of the molecule is c1ccc([Si](c2ccccc2)(c2ccccc2)c2ccc(N(c3ccc(-c4ccc(-c5cccc6c5c5ccccc5n6-c5cccc6c5oc5ccccc56)cc4)cc3)c3ccc(-c4cccc5ccccc45)cc3)cc2)cc1. The van der Waals surface area contributed by atoms with E-state index in [1.54, 1.807) is 0 Å². The largest absolute Gasteiger partial charge is 0.454 e. The molecule has 0 aliphatic heterocycles. The van der Waals surface area contributed by atoms with E-state index in [0.29, 0.717) is 0 Å². The number of hydrogen-bond donors (Lipinski definition) is 0. The molecule has 0 saturated heterocycles. The highest BCUT2D eigenvalue weighted by atomic mass is 28.3. The van der Waals surface area contributed by atoms with Crippen molar-refractivity contribution in [3.63, 3.8) is 0 Å². The molecule has 0 aliphatic carbocycles. The molecule has 0 atom stereocenters. The van der Waals surface area contributed by atoms with Crippen molar-refractivity contribution in [1.29, 1.82) is 0 Å². The summed E-state index contributed by atoms with van der Waals surface area (Å²) in [6, 6.07) is 116. The van der Waals surface area contributed by atoms with E-state index in [0.717, 1.165) is 66.8 Å². The van der Waals surface area contributed by atoms with Gasteiger partial charge in [0.05, 0.1) is 16.7 Å². The molecule has 0 aliphatic rings. The van der Waals surface area contributed by atoms with Crippen LogP contribution in [0.4, 0.5) is 17.1 Å². The molecule has 0 unspecified atom stereocenters. The van der Waals surface area contributed by atoms with Gasteiger partial charge in [-0.1, -0.05) is 255 Å². The lowest BCUT2D eigenvalue weighted by atomic mass is 9.96. The summed E-state index contributed by atoms with van der Waals surface area (Å²) in [7, 11) is -2.73. The maximum absolute atomic E-state index is 6.61. The van der Waals surface area contributed by atoms with Crippen LogP contribution in [0.5, 0.6) is 0 Å². The van der Waals surface area contributed by atoms with Crippen LogP contribution < -0.4 is 25.6 Å². The second-order valence-corrected chi connectivity index (χ2v) is 24.5. The Morgan fingerprint density at radius 2 is 0.713 bits per heavy atom. The van der Waals surface area contributed by atoms with E-state index < -0.39 is 8.07 Å². The van der Waals surface area contributed by atoms with Gasteiger partial charge < -0.3 is 13.9 Å². The Bertz CT molecular complexity index is 4620. The van der Waals surface area contributed by atoms with E-state index in [4.69, 9.17) is 4.42 Å². The first kappa shape index (κ1) is 47.0. The van der Waals surface area contributed by atoms with Gasteiger partial charge in [-0.2, -0.15) is 0 Å². The van der Waals surface area contributed by atoms with Gasteiger partial charge in [0.2, 0.25) is 0 Å². The minimum Gasteiger partial charge on any atom is -0.454 e. The smallest absolute Gasteiger partial charge is 0.179 e. The maximum Gasteiger partial charge on any atom is 0.179 e. The van der Waals surface area contributed by atoms with Crippen molar-refractivity contribution in [1.82, 2.24) is 4.57 Å². The van der Waals surface area contributed by atoms with E-state index in [1.807, 2.05) is 6.07 Å². The summed E-state index contributed by atoms with van der Waals surface area (Å²) in [6.45, 7) is 0. The first-order valence-electron chi connectivity index (χ1n) is 27.5. The molecule has 0 radical (unpaired) electrons. The number of benzene rings is 13. The van der Waals surface area contributed by atoms with Crippen LogP contribution in [0.25, 0.3) is 93.6 Å². The van der Waals surface area contributed by atoms with Crippen molar-refractivity contribution in [3.05, 3.63) is 315 Å². The number of rotatable bonds is 11. The molecule has 0 amide bonds. The molecule has 0 saturated carbocycles. The Hall–Kier alpha value is -10.3. The summed E-state index contributed by atoms with van der Waals surface area (Å²) < 4.78 is 8.98. The molecule has 0 N–H and O–H groups in total. The molecular weight excluding hydrogens is 985 g/mol. The summed E-state index contributed by atoms with van der Waals surface area (Å²) in [5, 5.41) is 12.6. The molecule has 2 heterocycles. The van der Waals surface area contributed by atoms with Crippen LogP contribution in [0.3, 0.4) is 0 Å². The molecule has 0 bridgehead atoms. The zero-order valence-corrected chi connectivity index (χ0v) is 44.8. The number of aromatic nitrogens is 1. The van der Waals surface area contributed by atoms with Gasteiger partial charge in [-0.05, 0) is 126 Å². The third-order valence-electron chi connectivity index (χ3n) is 16.4. The lowest BCUT2D eigenvalue weighted by Gasteiger charge is -2.35. The van der Waals surface area contributed by atoms with Crippen LogP contribution in [-0.4, -0.2) is 12.6 Å². The number of furan rings is 1. The van der Waals surface area contributed by atoms with Gasteiger partial charge in [-0.15, -0.1) is 0 Å². The van der Waals surface area contributed by atoms with Gasteiger partial charge in [-0.3, -0.25) is 0 Å². The van der Waals surface area contributed by atoms with Crippen molar-refractivity contribution in [3.8, 4) is 39.1 Å².